The van der Waals surface area contributed by atoms with Crippen LogP contribution in [0, 0.1) is 11.3 Å². The first-order valence-electron chi connectivity index (χ1n) is 6.96. The molecule has 0 saturated heterocycles. The molecule has 1 N–H and O–H groups in total. The van der Waals surface area contributed by atoms with Crippen LogP contribution < -0.4 is 10.1 Å². The molecular weight excluding hydrogens is 264 g/mol. The Hall–Kier alpha value is -2.48. The maximum absolute atomic E-state index is 8.53. The summed E-state index contributed by atoms with van der Waals surface area (Å²) in [6, 6.07) is 9.57. The highest BCUT2D eigenvalue weighted by Gasteiger charge is 2.11. The van der Waals surface area contributed by atoms with Crippen LogP contribution in [0.4, 0.5) is 5.69 Å². The zero-order valence-electron chi connectivity index (χ0n) is 12.6. The molecule has 1 aromatic heterocycles. The molecule has 110 valence electrons. The summed E-state index contributed by atoms with van der Waals surface area (Å²) in [5.74, 6) is 1.09. The number of benzene rings is 1. The van der Waals surface area contributed by atoms with E-state index in [1.807, 2.05) is 48.3 Å². The maximum atomic E-state index is 8.53. The van der Waals surface area contributed by atoms with Gasteiger partial charge in [-0.1, -0.05) is 19.9 Å². The standard InChI is InChI=1S/C16H20N4O/c1-12(2)16-13(11-20(3)19-16)10-18-14-5-4-6-15(9-14)21-8-7-17/h4-6,9,11-12,18H,8,10H2,1-3H3. The number of aromatic nitrogens is 2. The van der Waals surface area contributed by atoms with Crippen molar-refractivity contribution in [3.63, 3.8) is 0 Å². The topological polar surface area (TPSA) is 62.9 Å². The third-order valence-electron chi connectivity index (χ3n) is 3.10. The summed E-state index contributed by atoms with van der Waals surface area (Å²) in [6.45, 7) is 5.05. The second-order valence-electron chi connectivity index (χ2n) is 5.20. The van der Waals surface area contributed by atoms with Gasteiger partial charge in [-0.3, -0.25) is 4.68 Å². The van der Waals surface area contributed by atoms with E-state index in [-0.39, 0.29) is 6.61 Å². The first-order valence-corrected chi connectivity index (χ1v) is 6.96. The fraction of sp³-hybridized carbons (Fsp3) is 0.375. The molecule has 21 heavy (non-hydrogen) atoms. The van der Waals surface area contributed by atoms with Gasteiger partial charge < -0.3 is 10.1 Å². The monoisotopic (exact) mass is 284 g/mol. The molecule has 5 heteroatoms. The molecule has 0 aliphatic heterocycles. The quantitative estimate of drug-likeness (QED) is 0.885. The minimum absolute atomic E-state index is 0.0591. The maximum Gasteiger partial charge on any atom is 0.174 e. The zero-order chi connectivity index (χ0) is 15.2. The van der Waals surface area contributed by atoms with Gasteiger partial charge in [0.25, 0.3) is 0 Å². The van der Waals surface area contributed by atoms with Gasteiger partial charge in [0.2, 0.25) is 0 Å². The molecule has 0 amide bonds. The van der Waals surface area contributed by atoms with E-state index in [9.17, 15) is 0 Å². The summed E-state index contributed by atoms with van der Waals surface area (Å²) < 4.78 is 7.14. The van der Waals surface area contributed by atoms with Gasteiger partial charge in [-0.05, 0) is 18.1 Å². The van der Waals surface area contributed by atoms with Crippen LogP contribution in [-0.4, -0.2) is 16.4 Å². The Balaban J connectivity index is 2.05. The second kappa shape index (κ2) is 6.80. The number of nitriles is 1. The predicted octanol–water partition coefficient (Wildman–Crippen LogP) is 3.06. The molecule has 2 aromatic rings. The Kier molecular flexibility index (Phi) is 4.83. The van der Waals surface area contributed by atoms with Crippen molar-refractivity contribution in [2.75, 3.05) is 11.9 Å². The van der Waals surface area contributed by atoms with E-state index in [1.165, 1.54) is 5.56 Å². The fourth-order valence-electron chi connectivity index (χ4n) is 2.19. The van der Waals surface area contributed by atoms with Crippen LogP contribution >= 0.6 is 0 Å². The van der Waals surface area contributed by atoms with Gasteiger partial charge >= 0.3 is 0 Å². The van der Waals surface area contributed by atoms with Crippen LogP contribution in [0.1, 0.15) is 31.0 Å². The molecule has 0 atom stereocenters. The van der Waals surface area contributed by atoms with Gasteiger partial charge in [-0.2, -0.15) is 10.4 Å². The summed E-state index contributed by atoms with van der Waals surface area (Å²) in [4.78, 5) is 0. The summed E-state index contributed by atoms with van der Waals surface area (Å²) >= 11 is 0. The van der Waals surface area contributed by atoms with Gasteiger partial charge in [0.15, 0.2) is 6.61 Å². The Labute approximate surface area is 125 Å². The molecule has 1 aromatic carbocycles. The van der Waals surface area contributed by atoms with E-state index in [4.69, 9.17) is 10.00 Å². The largest absolute Gasteiger partial charge is 0.479 e. The van der Waals surface area contributed by atoms with Crippen molar-refractivity contribution in [2.24, 2.45) is 7.05 Å². The molecule has 0 saturated carbocycles. The molecule has 5 nitrogen and oxygen atoms in total. The first kappa shape index (κ1) is 14.9. The van der Waals surface area contributed by atoms with Gasteiger partial charge in [-0.25, -0.2) is 0 Å². The van der Waals surface area contributed by atoms with Crippen molar-refractivity contribution < 1.29 is 4.74 Å². The summed E-state index contributed by atoms with van der Waals surface area (Å²) in [5.41, 5.74) is 3.27. The minimum atomic E-state index is 0.0591. The highest BCUT2D eigenvalue weighted by Crippen LogP contribution is 2.21. The number of nitrogens with zero attached hydrogens (tertiary/aromatic N) is 3. The van der Waals surface area contributed by atoms with E-state index >= 15 is 0 Å². The van der Waals surface area contributed by atoms with E-state index < -0.39 is 0 Å². The van der Waals surface area contributed by atoms with Crippen molar-refractivity contribution in [1.82, 2.24) is 9.78 Å². The van der Waals surface area contributed by atoms with Crippen LogP contribution in [0.2, 0.25) is 0 Å². The smallest absolute Gasteiger partial charge is 0.174 e. The molecule has 0 spiro atoms. The lowest BCUT2D eigenvalue weighted by molar-refractivity contribution is 0.368. The molecule has 0 aliphatic rings. The number of nitrogens with one attached hydrogen (secondary N) is 1. The van der Waals surface area contributed by atoms with Crippen LogP contribution in [0.5, 0.6) is 5.75 Å². The molecular formula is C16H20N4O. The van der Waals surface area contributed by atoms with Gasteiger partial charge in [-0.15, -0.1) is 0 Å². The molecule has 0 bridgehead atoms. The normalized spacial score (nSPS) is 10.4. The molecule has 2 rings (SSSR count). The summed E-state index contributed by atoms with van der Waals surface area (Å²) in [5, 5.41) is 16.4. The number of aryl methyl sites for hydroxylation is 1. The lowest BCUT2D eigenvalue weighted by Crippen LogP contribution is -2.03. The van der Waals surface area contributed by atoms with Crippen molar-refractivity contribution in [3.8, 4) is 11.8 Å². The minimum Gasteiger partial charge on any atom is -0.479 e. The third-order valence-corrected chi connectivity index (χ3v) is 3.10. The number of anilines is 1. The fourth-order valence-corrected chi connectivity index (χ4v) is 2.19. The number of hydrogen-bond donors (Lipinski definition) is 1. The van der Waals surface area contributed by atoms with Crippen LogP contribution in [0.15, 0.2) is 30.5 Å². The summed E-state index contributed by atoms with van der Waals surface area (Å²) in [6.07, 6.45) is 2.04. The van der Waals surface area contributed by atoms with Crippen LogP contribution in [0.3, 0.4) is 0 Å². The molecule has 1 heterocycles. The highest BCUT2D eigenvalue weighted by atomic mass is 16.5. The Morgan fingerprint density at radius 3 is 2.95 bits per heavy atom. The number of hydrogen-bond acceptors (Lipinski definition) is 4. The van der Waals surface area contributed by atoms with Gasteiger partial charge in [0.05, 0.1) is 5.69 Å². The third kappa shape index (κ3) is 3.99. The lowest BCUT2D eigenvalue weighted by atomic mass is 10.1. The Morgan fingerprint density at radius 1 is 1.43 bits per heavy atom. The van der Waals surface area contributed by atoms with Crippen LogP contribution in [0.25, 0.3) is 0 Å². The second-order valence-corrected chi connectivity index (χ2v) is 5.20. The average molecular weight is 284 g/mol. The molecule has 0 aliphatic carbocycles. The molecule has 0 unspecified atom stereocenters. The van der Waals surface area contributed by atoms with Crippen molar-refractivity contribution in [2.45, 2.75) is 26.3 Å². The predicted molar refractivity (Wildman–Crippen MR) is 82.2 cm³/mol. The van der Waals surface area contributed by atoms with Crippen molar-refractivity contribution in [3.05, 3.63) is 41.7 Å². The Morgan fingerprint density at radius 2 is 2.24 bits per heavy atom. The SMILES string of the molecule is CC(C)c1nn(C)cc1CNc1cccc(OCC#N)c1. The first-order chi connectivity index (χ1) is 10.1. The van der Waals surface area contributed by atoms with Gasteiger partial charge in [0.1, 0.15) is 11.8 Å². The van der Waals surface area contributed by atoms with Gasteiger partial charge in [0, 0.05) is 37.1 Å². The van der Waals surface area contributed by atoms with E-state index in [0.29, 0.717) is 18.2 Å². The van der Waals surface area contributed by atoms with Crippen molar-refractivity contribution in [1.29, 1.82) is 5.26 Å². The van der Waals surface area contributed by atoms with E-state index in [2.05, 4.69) is 24.3 Å². The lowest BCUT2D eigenvalue weighted by Gasteiger charge is -2.09. The molecule has 0 fully saturated rings. The average Bonchev–Trinajstić information content (AvgIpc) is 2.85. The highest BCUT2D eigenvalue weighted by molar-refractivity contribution is 5.48. The number of rotatable bonds is 6. The molecule has 0 radical (unpaired) electrons. The van der Waals surface area contributed by atoms with Crippen molar-refractivity contribution >= 4 is 5.69 Å². The van der Waals surface area contributed by atoms with E-state index in [1.54, 1.807) is 0 Å². The number of ether oxygens (including phenoxy) is 1. The Bertz CT molecular complexity index is 640. The summed E-state index contributed by atoms with van der Waals surface area (Å²) in [7, 11) is 1.94. The van der Waals surface area contributed by atoms with Crippen LogP contribution in [-0.2, 0) is 13.6 Å². The van der Waals surface area contributed by atoms with E-state index in [0.717, 1.165) is 11.4 Å². The zero-order valence-corrected chi connectivity index (χ0v) is 12.6.